The highest BCUT2D eigenvalue weighted by Crippen LogP contribution is 2.27. The number of benzene rings is 1. The Balaban J connectivity index is 1.77. The highest BCUT2D eigenvalue weighted by molar-refractivity contribution is 5.39. The van der Waals surface area contributed by atoms with E-state index >= 15 is 0 Å². The number of aryl methyl sites for hydroxylation is 1. The minimum absolute atomic E-state index is 0.514. The lowest BCUT2D eigenvalue weighted by Crippen LogP contribution is -2.34. The van der Waals surface area contributed by atoms with Gasteiger partial charge in [-0.1, -0.05) is 45.2 Å². The summed E-state index contributed by atoms with van der Waals surface area (Å²) in [6.07, 6.45) is 8.12. The van der Waals surface area contributed by atoms with Gasteiger partial charge in [-0.05, 0) is 56.3 Å². The highest BCUT2D eigenvalue weighted by atomic mass is 16.5. The van der Waals surface area contributed by atoms with E-state index in [0.29, 0.717) is 5.92 Å². The van der Waals surface area contributed by atoms with E-state index in [1.165, 1.54) is 43.2 Å². The van der Waals surface area contributed by atoms with Crippen molar-refractivity contribution in [3.8, 4) is 5.75 Å². The van der Waals surface area contributed by atoms with Crippen LogP contribution in [0.25, 0.3) is 0 Å². The Labute approximate surface area is 136 Å². The first-order chi connectivity index (χ1) is 10.6. The minimum Gasteiger partial charge on any atom is -0.493 e. The molecule has 0 spiro atoms. The van der Waals surface area contributed by atoms with E-state index in [1.54, 1.807) is 0 Å². The van der Waals surface area contributed by atoms with Crippen molar-refractivity contribution in [2.75, 3.05) is 20.2 Å². The molecule has 0 atom stereocenters. The van der Waals surface area contributed by atoms with Gasteiger partial charge in [-0.25, -0.2) is 0 Å². The molecule has 1 aromatic rings. The van der Waals surface area contributed by atoms with Crippen molar-refractivity contribution < 1.29 is 4.74 Å². The Morgan fingerprint density at radius 2 is 1.91 bits per heavy atom. The largest absolute Gasteiger partial charge is 0.493 e. The van der Waals surface area contributed by atoms with Gasteiger partial charge in [0.25, 0.3) is 0 Å². The van der Waals surface area contributed by atoms with Gasteiger partial charge in [-0.2, -0.15) is 0 Å². The van der Waals surface area contributed by atoms with Crippen molar-refractivity contribution in [3.63, 3.8) is 0 Å². The molecule has 1 aliphatic rings. The Morgan fingerprint density at radius 1 is 1.18 bits per heavy atom. The van der Waals surface area contributed by atoms with Crippen molar-refractivity contribution in [2.24, 2.45) is 0 Å². The van der Waals surface area contributed by atoms with E-state index in [9.17, 15) is 0 Å². The molecule has 1 aromatic carbocycles. The van der Waals surface area contributed by atoms with E-state index in [4.69, 9.17) is 4.74 Å². The van der Waals surface area contributed by atoms with Crippen LogP contribution in [0.3, 0.4) is 0 Å². The lowest BCUT2D eigenvalue weighted by Gasteiger charge is -2.31. The molecule has 1 aliphatic carbocycles. The molecule has 2 rings (SSSR count). The molecular weight excluding hydrogens is 270 g/mol. The first-order valence-corrected chi connectivity index (χ1v) is 9.01. The van der Waals surface area contributed by atoms with Gasteiger partial charge >= 0.3 is 0 Å². The normalized spacial score (nSPS) is 16.5. The number of rotatable bonds is 7. The summed E-state index contributed by atoms with van der Waals surface area (Å²) >= 11 is 0. The molecule has 0 unspecified atom stereocenters. The van der Waals surface area contributed by atoms with Gasteiger partial charge in [0.1, 0.15) is 5.75 Å². The molecule has 124 valence electrons. The third-order valence-corrected chi connectivity index (χ3v) is 4.90. The second-order valence-corrected chi connectivity index (χ2v) is 7.17. The molecule has 0 radical (unpaired) electrons. The molecule has 2 nitrogen and oxygen atoms in total. The standard InChI is InChI=1S/C20H33NO/c1-16(2)19-12-11-17(3)15-20(19)22-14-8-13-21(4)18-9-6-5-7-10-18/h11-12,15-16,18H,5-10,13-14H2,1-4H3. The predicted octanol–water partition coefficient (Wildman–Crippen LogP) is 5.15. The fourth-order valence-corrected chi connectivity index (χ4v) is 3.44. The SMILES string of the molecule is Cc1ccc(C(C)C)c(OCCCN(C)C2CCCCC2)c1. The van der Waals surface area contributed by atoms with Gasteiger partial charge in [0, 0.05) is 12.6 Å². The van der Waals surface area contributed by atoms with Crippen LogP contribution >= 0.6 is 0 Å². The van der Waals surface area contributed by atoms with E-state index < -0.39 is 0 Å². The lowest BCUT2D eigenvalue weighted by atomic mass is 9.94. The van der Waals surface area contributed by atoms with Crippen LogP contribution in [-0.2, 0) is 0 Å². The summed E-state index contributed by atoms with van der Waals surface area (Å²) < 4.78 is 6.09. The van der Waals surface area contributed by atoms with E-state index in [-0.39, 0.29) is 0 Å². The quantitative estimate of drug-likeness (QED) is 0.646. The number of hydrogen-bond donors (Lipinski definition) is 0. The zero-order valence-electron chi connectivity index (χ0n) is 14.9. The van der Waals surface area contributed by atoms with Gasteiger partial charge in [0.15, 0.2) is 0 Å². The van der Waals surface area contributed by atoms with Gasteiger partial charge in [0.05, 0.1) is 6.61 Å². The van der Waals surface area contributed by atoms with E-state index in [2.05, 4.69) is 50.9 Å². The average molecular weight is 303 g/mol. The van der Waals surface area contributed by atoms with Crippen LogP contribution in [0, 0.1) is 6.92 Å². The summed E-state index contributed by atoms with van der Waals surface area (Å²) in [5, 5.41) is 0. The van der Waals surface area contributed by atoms with Crippen molar-refractivity contribution in [2.45, 2.75) is 71.3 Å². The Bertz CT molecular complexity index is 449. The molecule has 1 fully saturated rings. The zero-order chi connectivity index (χ0) is 15.9. The summed E-state index contributed by atoms with van der Waals surface area (Å²) in [5.74, 6) is 1.59. The van der Waals surface area contributed by atoms with Crippen molar-refractivity contribution in [3.05, 3.63) is 29.3 Å². The number of hydrogen-bond acceptors (Lipinski definition) is 2. The highest BCUT2D eigenvalue weighted by Gasteiger charge is 2.17. The third kappa shape index (κ3) is 5.01. The first kappa shape index (κ1) is 17.3. The summed E-state index contributed by atoms with van der Waals surface area (Å²) in [5.41, 5.74) is 2.60. The summed E-state index contributed by atoms with van der Waals surface area (Å²) in [7, 11) is 2.28. The predicted molar refractivity (Wildman–Crippen MR) is 94.9 cm³/mol. The van der Waals surface area contributed by atoms with Crippen molar-refractivity contribution >= 4 is 0 Å². The lowest BCUT2D eigenvalue weighted by molar-refractivity contribution is 0.176. The first-order valence-electron chi connectivity index (χ1n) is 9.01. The van der Waals surface area contributed by atoms with Gasteiger partial charge in [-0.15, -0.1) is 0 Å². The molecule has 0 aromatic heterocycles. The van der Waals surface area contributed by atoms with Crippen molar-refractivity contribution in [1.82, 2.24) is 4.90 Å². The topological polar surface area (TPSA) is 12.5 Å². The van der Waals surface area contributed by atoms with E-state index in [1.807, 2.05) is 0 Å². The van der Waals surface area contributed by atoms with Crippen LogP contribution in [0.4, 0.5) is 0 Å². The molecule has 0 aliphatic heterocycles. The monoisotopic (exact) mass is 303 g/mol. The molecule has 0 N–H and O–H groups in total. The van der Waals surface area contributed by atoms with Crippen LogP contribution in [0.5, 0.6) is 5.75 Å². The van der Waals surface area contributed by atoms with Crippen LogP contribution in [0.2, 0.25) is 0 Å². The Morgan fingerprint density at radius 3 is 2.59 bits per heavy atom. The van der Waals surface area contributed by atoms with Crippen molar-refractivity contribution in [1.29, 1.82) is 0 Å². The zero-order valence-corrected chi connectivity index (χ0v) is 14.9. The Kier molecular flexibility index (Phi) is 6.75. The van der Waals surface area contributed by atoms with Gasteiger partial charge < -0.3 is 9.64 Å². The fourth-order valence-electron chi connectivity index (χ4n) is 3.44. The van der Waals surface area contributed by atoms with Crippen LogP contribution in [0.15, 0.2) is 18.2 Å². The smallest absolute Gasteiger partial charge is 0.122 e. The molecule has 0 bridgehead atoms. The second-order valence-electron chi connectivity index (χ2n) is 7.17. The van der Waals surface area contributed by atoms with Gasteiger partial charge in [0.2, 0.25) is 0 Å². The molecule has 0 saturated heterocycles. The average Bonchev–Trinajstić information content (AvgIpc) is 2.52. The summed E-state index contributed by atoms with van der Waals surface area (Å²) in [6.45, 7) is 8.56. The van der Waals surface area contributed by atoms with E-state index in [0.717, 1.165) is 31.4 Å². The molecular formula is C20H33NO. The molecule has 22 heavy (non-hydrogen) atoms. The molecule has 0 amide bonds. The minimum atomic E-state index is 0.514. The summed E-state index contributed by atoms with van der Waals surface area (Å²) in [6, 6.07) is 7.38. The van der Waals surface area contributed by atoms with Gasteiger partial charge in [-0.3, -0.25) is 0 Å². The fraction of sp³-hybridized carbons (Fsp3) is 0.700. The Hall–Kier alpha value is -1.02. The van der Waals surface area contributed by atoms with Crippen LogP contribution in [-0.4, -0.2) is 31.1 Å². The van der Waals surface area contributed by atoms with Crippen LogP contribution in [0.1, 0.15) is 69.4 Å². The van der Waals surface area contributed by atoms with Crippen LogP contribution < -0.4 is 4.74 Å². The second kappa shape index (κ2) is 8.57. The maximum Gasteiger partial charge on any atom is 0.122 e. The molecule has 1 saturated carbocycles. The maximum atomic E-state index is 6.09. The maximum absolute atomic E-state index is 6.09. The molecule has 2 heteroatoms. The number of nitrogens with zero attached hydrogens (tertiary/aromatic N) is 1. The summed E-state index contributed by atoms with van der Waals surface area (Å²) in [4.78, 5) is 2.54. The molecule has 0 heterocycles. The third-order valence-electron chi connectivity index (χ3n) is 4.90. The number of ether oxygens (including phenoxy) is 1.